The summed E-state index contributed by atoms with van der Waals surface area (Å²) in [6, 6.07) is 10.0. The van der Waals surface area contributed by atoms with E-state index in [4.69, 9.17) is 0 Å². The molecule has 1 aliphatic heterocycles. The predicted octanol–water partition coefficient (Wildman–Crippen LogP) is 3.85. The summed E-state index contributed by atoms with van der Waals surface area (Å²) in [4.78, 5) is 16.3. The molecule has 3 N–H and O–H groups in total. The van der Waals surface area contributed by atoms with Crippen molar-refractivity contribution >= 4 is 27.9 Å². The van der Waals surface area contributed by atoms with Gasteiger partial charge in [-0.25, -0.2) is 0 Å². The number of quaternary nitrogens is 1. The molecule has 1 amide bonds. The van der Waals surface area contributed by atoms with Crippen molar-refractivity contribution in [3.63, 3.8) is 0 Å². The van der Waals surface area contributed by atoms with Crippen LogP contribution in [0.2, 0.25) is 0 Å². The van der Waals surface area contributed by atoms with Crippen molar-refractivity contribution in [2.24, 2.45) is 0 Å². The Labute approximate surface area is 177 Å². The number of anilines is 2. The number of carbonyl (C=O) groups is 1. The number of benzene rings is 1. The summed E-state index contributed by atoms with van der Waals surface area (Å²) in [6.07, 6.45) is 0.819. The highest BCUT2D eigenvalue weighted by Gasteiger charge is 2.44. The van der Waals surface area contributed by atoms with Gasteiger partial charge in [-0.05, 0) is 71.4 Å². The van der Waals surface area contributed by atoms with E-state index in [2.05, 4.69) is 63.1 Å². The topological polar surface area (TPSA) is 72.7 Å². The van der Waals surface area contributed by atoms with Crippen molar-refractivity contribution < 1.29 is 10.1 Å². The number of amides is 1. The predicted molar refractivity (Wildman–Crippen MR) is 120 cm³/mol. The number of hydrogen-bond acceptors (Lipinski definition) is 4. The number of nitrogens with zero attached hydrogens (tertiary/aromatic N) is 2. The van der Waals surface area contributed by atoms with Gasteiger partial charge in [-0.2, -0.15) is 5.26 Å². The Morgan fingerprint density at radius 1 is 1.21 bits per heavy atom. The van der Waals surface area contributed by atoms with E-state index in [1.165, 1.54) is 16.2 Å². The molecule has 6 heteroatoms. The molecule has 0 spiro atoms. The van der Waals surface area contributed by atoms with E-state index in [9.17, 15) is 10.1 Å². The first-order chi connectivity index (χ1) is 13.6. The molecule has 0 aliphatic carbocycles. The van der Waals surface area contributed by atoms with Crippen LogP contribution < -0.4 is 15.5 Å². The fourth-order valence-electron chi connectivity index (χ4n) is 4.50. The average molecular weight is 412 g/mol. The van der Waals surface area contributed by atoms with Gasteiger partial charge in [0.05, 0.1) is 16.0 Å². The molecule has 1 aromatic carbocycles. The lowest BCUT2D eigenvalue weighted by atomic mass is 9.81. The van der Waals surface area contributed by atoms with Crippen LogP contribution in [0.25, 0.3) is 0 Å². The fourth-order valence-corrected chi connectivity index (χ4v) is 5.74. The molecule has 0 radical (unpaired) electrons. The largest absolute Gasteiger partial charge is 0.372 e. The highest BCUT2D eigenvalue weighted by Crippen LogP contribution is 2.41. The molecule has 3 rings (SSSR count). The van der Waals surface area contributed by atoms with Crippen LogP contribution in [-0.4, -0.2) is 24.5 Å². The molecule has 0 unspecified atom stereocenters. The monoisotopic (exact) mass is 411 g/mol. The van der Waals surface area contributed by atoms with Crippen molar-refractivity contribution in [2.45, 2.75) is 59.0 Å². The second-order valence-corrected chi connectivity index (χ2v) is 9.95. The summed E-state index contributed by atoms with van der Waals surface area (Å²) in [6.45, 7) is 14.9. The Balaban J connectivity index is 1.89. The Hall–Kier alpha value is -2.36. The molecule has 154 valence electrons. The SMILES string of the molecule is CCN(CC)c1ccc(C(=O)Nc2sc3c(c2C#N)CC(C)(C)[NH2+]C3(C)C)cc1. The maximum absolute atomic E-state index is 12.9. The van der Waals surface area contributed by atoms with Gasteiger partial charge in [-0.1, -0.05) is 0 Å². The zero-order chi connectivity index (χ0) is 21.4. The van der Waals surface area contributed by atoms with Crippen LogP contribution >= 0.6 is 11.3 Å². The number of rotatable bonds is 5. The minimum Gasteiger partial charge on any atom is -0.372 e. The number of nitrogens with two attached hydrogens (primary N) is 1. The molecular formula is C23H31N4OS+. The number of hydrogen-bond donors (Lipinski definition) is 2. The van der Waals surface area contributed by atoms with Gasteiger partial charge in [0, 0.05) is 30.8 Å². The van der Waals surface area contributed by atoms with Crippen molar-refractivity contribution in [1.29, 1.82) is 5.26 Å². The van der Waals surface area contributed by atoms with Gasteiger partial charge in [-0.3, -0.25) is 4.79 Å². The third kappa shape index (κ3) is 4.17. The van der Waals surface area contributed by atoms with Gasteiger partial charge in [0.1, 0.15) is 16.6 Å². The van der Waals surface area contributed by atoms with Gasteiger partial charge in [-0.15, -0.1) is 11.3 Å². The number of thiophene rings is 1. The molecule has 29 heavy (non-hydrogen) atoms. The molecule has 5 nitrogen and oxygen atoms in total. The first kappa shape index (κ1) is 21.4. The number of fused-ring (bicyclic) bond motifs is 1. The van der Waals surface area contributed by atoms with Crippen molar-refractivity contribution in [3.8, 4) is 6.07 Å². The van der Waals surface area contributed by atoms with Crippen LogP contribution in [0.4, 0.5) is 10.7 Å². The molecule has 2 aromatic rings. The zero-order valence-electron chi connectivity index (χ0n) is 18.2. The molecule has 1 aromatic heterocycles. The fraction of sp³-hybridized carbons (Fsp3) is 0.478. The van der Waals surface area contributed by atoms with Gasteiger partial charge >= 0.3 is 0 Å². The Bertz CT molecular complexity index is 946. The van der Waals surface area contributed by atoms with Crippen molar-refractivity contribution in [2.75, 3.05) is 23.3 Å². The smallest absolute Gasteiger partial charge is 0.256 e. The first-order valence-electron chi connectivity index (χ1n) is 10.2. The van der Waals surface area contributed by atoms with Crippen LogP contribution in [0.3, 0.4) is 0 Å². The molecule has 0 atom stereocenters. The minimum absolute atomic E-state index is 0.0186. The molecule has 0 fully saturated rings. The Morgan fingerprint density at radius 3 is 2.38 bits per heavy atom. The van der Waals surface area contributed by atoms with Gasteiger partial charge < -0.3 is 15.5 Å². The van der Waals surface area contributed by atoms with Crippen LogP contribution in [0.15, 0.2) is 24.3 Å². The third-order valence-electron chi connectivity index (χ3n) is 5.57. The number of carbonyl (C=O) groups excluding carboxylic acids is 1. The van der Waals surface area contributed by atoms with E-state index in [-0.39, 0.29) is 17.0 Å². The number of nitrogens with one attached hydrogen (secondary N) is 1. The van der Waals surface area contributed by atoms with E-state index in [0.717, 1.165) is 30.8 Å². The molecule has 2 heterocycles. The zero-order valence-corrected chi connectivity index (χ0v) is 19.0. The van der Waals surface area contributed by atoms with E-state index in [1.807, 2.05) is 24.3 Å². The third-order valence-corrected chi connectivity index (χ3v) is 7.06. The van der Waals surface area contributed by atoms with E-state index < -0.39 is 0 Å². The standard InChI is InChI=1S/C23H30N4OS/c1-7-27(8-2)16-11-9-15(10-12-16)20(28)25-21-18(14-24)17-13-22(3,4)26-23(5,6)19(17)29-21/h9-12,26H,7-8,13H2,1-6H3,(H,25,28)/p+1. The summed E-state index contributed by atoms with van der Waals surface area (Å²) < 4.78 is 0. The molecule has 1 aliphatic rings. The van der Waals surface area contributed by atoms with E-state index >= 15 is 0 Å². The lowest BCUT2D eigenvalue weighted by molar-refractivity contribution is -0.789. The number of nitriles is 1. The van der Waals surface area contributed by atoms with E-state index in [1.54, 1.807) is 0 Å². The highest BCUT2D eigenvalue weighted by atomic mass is 32.1. The van der Waals surface area contributed by atoms with Crippen LogP contribution in [0.1, 0.15) is 67.9 Å². The lowest BCUT2D eigenvalue weighted by Crippen LogP contribution is -3.03. The van der Waals surface area contributed by atoms with Crippen LogP contribution in [-0.2, 0) is 12.0 Å². The highest BCUT2D eigenvalue weighted by molar-refractivity contribution is 7.16. The quantitative estimate of drug-likeness (QED) is 0.785. The van der Waals surface area contributed by atoms with Crippen molar-refractivity contribution in [3.05, 3.63) is 45.8 Å². The molecule has 0 saturated heterocycles. The van der Waals surface area contributed by atoms with Crippen LogP contribution in [0.5, 0.6) is 0 Å². The maximum Gasteiger partial charge on any atom is 0.256 e. The van der Waals surface area contributed by atoms with Gasteiger partial charge in [0.2, 0.25) is 0 Å². The van der Waals surface area contributed by atoms with Crippen LogP contribution in [0, 0.1) is 11.3 Å². The summed E-state index contributed by atoms with van der Waals surface area (Å²) in [7, 11) is 0. The first-order valence-corrected chi connectivity index (χ1v) is 11.0. The Morgan fingerprint density at radius 2 is 1.83 bits per heavy atom. The molecular weight excluding hydrogens is 380 g/mol. The maximum atomic E-state index is 12.9. The Kier molecular flexibility index (Phi) is 5.75. The summed E-state index contributed by atoms with van der Waals surface area (Å²) >= 11 is 1.54. The second kappa shape index (κ2) is 7.81. The average Bonchev–Trinajstić information content (AvgIpc) is 2.99. The van der Waals surface area contributed by atoms with Crippen molar-refractivity contribution in [1.82, 2.24) is 0 Å². The molecule has 0 bridgehead atoms. The summed E-state index contributed by atoms with van der Waals surface area (Å²) in [5.41, 5.74) is 3.30. The van der Waals surface area contributed by atoms with Gasteiger partial charge in [0.15, 0.2) is 0 Å². The second-order valence-electron chi connectivity index (χ2n) is 8.93. The summed E-state index contributed by atoms with van der Waals surface area (Å²) in [5.74, 6) is -0.174. The minimum atomic E-state index is -0.174. The normalized spacial score (nSPS) is 16.6. The lowest BCUT2D eigenvalue weighted by Gasteiger charge is -2.38. The molecule has 0 saturated carbocycles. The van der Waals surface area contributed by atoms with Gasteiger partial charge in [0.25, 0.3) is 5.91 Å². The van der Waals surface area contributed by atoms with E-state index in [0.29, 0.717) is 16.1 Å². The summed E-state index contributed by atoms with van der Waals surface area (Å²) in [5, 5.41) is 15.9.